The van der Waals surface area contributed by atoms with Gasteiger partial charge < -0.3 is 14.8 Å². The van der Waals surface area contributed by atoms with Gasteiger partial charge in [0.2, 0.25) is 0 Å². The van der Waals surface area contributed by atoms with Crippen molar-refractivity contribution >= 4 is 17.1 Å². The van der Waals surface area contributed by atoms with E-state index in [0.717, 1.165) is 50.2 Å². The summed E-state index contributed by atoms with van der Waals surface area (Å²) in [5.41, 5.74) is 3.43. The highest BCUT2D eigenvalue weighted by Gasteiger charge is 2.40. The summed E-state index contributed by atoms with van der Waals surface area (Å²) in [6.07, 6.45) is 8.30. The highest BCUT2D eigenvalue weighted by molar-refractivity contribution is 5.96. The lowest BCUT2D eigenvalue weighted by Crippen LogP contribution is -2.59. The Morgan fingerprint density at radius 2 is 1.81 bits per heavy atom. The van der Waals surface area contributed by atoms with Crippen LogP contribution in [0.15, 0.2) is 48.9 Å². The molecule has 0 radical (unpaired) electrons. The molecule has 1 saturated carbocycles. The summed E-state index contributed by atoms with van der Waals surface area (Å²) in [7, 11) is 2.19. The van der Waals surface area contributed by atoms with Gasteiger partial charge >= 0.3 is 0 Å². The minimum Gasteiger partial charge on any atom is -0.350 e. The number of nitrogens with one attached hydrogen (secondary N) is 1. The number of carbonyl (C=O) groups is 1. The Balaban J connectivity index is 1.27. The lowest BCUT2D eigenvalue weighted by molar-refractivity contribution is 0.0414. The smallest absolute Gasteiger partial charge is 0.252 e. The largest absolute Gasteiger partial charge is 0.350 e. The van der Waals surface area contributed by atoms with E-state index in [1.165, 1.54) is 18.4 Å². The van der Waals surface area contributed by atoms with Crippen LogP contribution in [0.2, 0.25) is 0 Å². The summed E-state index contributed by atoms with van der Waals surface area (Å²) in [6.45, 7) is 5.78. The van der Waals surface area contributed by atoms with E-state index < -0.39 is 0 Å². The fourth-order valence-corrected chi connectivity index (χ4v) is 5.23. The summed E-state index contributed by atoms with van der Waals surface area (Å²) < 4.78 is 2.02. The zero-order chi connectivity index (χ0) is 22.0. The predicted octanol–water partition coefficient (Wildman–Crippen LogP) is 2.77. The molecule has 1 N–H and O–H groups in total. The molecule has 2 aliphatic rings. The molecule has 3 heterocycles. The SMILES string of the molecule is CN1CCN(C2(CNC(=O)c3cnc4c(c3)ncn4Cc3ccccc3)CCCC2)CC1. The molecule has 2 aromatic heterocycles. The van der Waals surface area contributed by atoms with Crippen molar-refractivity contribution < 1.29 is 4.79 Å². The van der Waals surface area contributed by atoms with Crippen LogP contribution in [-0.4, -0.2) is 75.6 Å². The zero-order valence-electron chi connectivity index (χ0n) is 18.8. The van der Waals surface area contributed by atoms with Crippen LogP contribution < -0.4 is 5.32 Å². The lowest BCUT2D eigenvalue weighted by Gasteiger charge is -2.45. The van der Waals surface area contributed by atoms with Crippen molar-refractivity contribution in [2.45, 2.75) is 37.8 Å². The first-order valence-electron chi connectivity index (χ1n) is 11.7. The maximum absolute atomic E-state index is 13.0. The van der Waals surface area contributed by atoms with Crippen LogP contribution in [0.4, 0.5) is 0 Å². The molecule has 0 unspecified atom stereocenters. The first-order chi connectivity index (χ1) is 15.6. The molecule has 0 spiro atoms. The van der Waals surface area contributed by atoms with E-state index in [1.54, 1.807) is 12.5 Å². The van der Waals surface area contributed by atoms with Gasteiger partial charge in [0.15, 0.2) is 5.65 Å². The van der Waals surface area contributed by atoms with E-state index in [1.807, 2.05) is 28.8 Å². The Labute approximate surface area is 189 Å². The van der Waals surface area contributed by atoms with Crippen LogP contribution in [0.5, 0.6) is 0 Å². The Morgan fingerprint density at radius 1 is 1.06 bits per heavy atom. The molecule has 2 fully saturated rings. The molecule has 1 saturated heterocycles. The van der Waals surface area contributed by atoms with Crippen molar-refractivity contribution in [2.75, 3.05) is 39.8 Å². The molecule has 7 heteroatoms. The van der Waals surface area contributed by atoms with Gasteiger partial charge in [-0.05, 0) is 31.5 Å². The topological polar surface area (TPSA) is 66.3 Å². The Bertz CT molecular complexity index is 1060. The van der Waals surface area contributed by atoms with Crippen molar-refractivity contribution in [1.82, 2.24) is 29.7 Å². The van der Waals surface area contributed by atoms with E-state index in [2.05, 4.69) is 44.3 Å². The van der Waals surface area contributed by atoms with Gasteiger partial charge in [-0.1, -0.05) is 43.2 Å². The van der Waals surface area contributed by atoms with Crippen molar-refractivity contribution in [3.8, 4) is 0 Å². The molecule has 7 nitrogen and oxygen atoms in total. The van der Waals surface area contributed by atoms with Gasteiger partial charge in [0, 0.05) is 44.5 Å². The average Bonchev–Trinajstić information content (AvgIpc) is 3.46. The van der Waals surface area contributed by atoms with Crippen LogP contribution in [0.1, 0.15) is 41.6 Å². The van der Waals surface area contributed by atoms with Crippen molar-refractivity contribution in [1.29, 1.82) is 0 Å². The second kappa shape index (κ2) is 9.00. The number of nitrogens with zero attached hydrogens (tertiary/aromatic N) is 5. The monoisotopic (exact) mass is 432 g/mol. The molecular weight excluding hydrogens is 400 g/mol. The fraction of sp³-hybridized carbons (Fsp3) is 0.480. The number of amides is 1. The third-order valence-corrected chi connectivity index (χ3v) is 7.20. The number of rotatable bonds is 6. The maximum Gasteiger partial charge on any atom is 0.252 e. The van der Waals surface area contributed by atoms with Gasteiger partial charge in [-0.3, -0.25) is 9.69 Å². The van der Waals surface area contributed by atoms with Gasteiger partial charge in [0.1, 0.15) is 5.52 Å². The highest BCUT2D eigenvalue weighted by Crippen LogP contribution is 2.35. The van der Waals surface area contributed by atoms with Gasteiger partial charge in [0.05, 0.1) is 18.4 Å². The molecule has 1 aromatic carbocycles. The number of piperazine rings is 1. The van der Waals surface area contributed by atoms with Crippen LogP contribution in [0, 0.1) is 0 Å². The molecule has 1 amide bonds. The minimum atomic E-state index is -0.0580. The van der Waals surface area contributed by atoms with Crippen LogP contribution in [-0.2, 0) is 6.54 Å². The summed E-state index contributed by atoms with van der Waals surface area (Å²) in [5, 5.41) is 3.23. The normalized spacial score (nSPS) is 19.4. The number of carbonyl (C=O) groups excluding carboxylic acids is 1. The molecule has 1 aliphatic carbocycles. The summed E-state index contributed by atoms with van der Waals surface area (Å²) >= 11 is 0. The average molecular weight is 433 g/mol. The lowest BCUT2D eigenvalue weighted by atomic mass is 9.93. The number of imidazole rings is 1. The molecule has 3 aromatic rings. The van der Waals surface area contributed by atoms with E-state index in [-0.39, 0.29) is 11.4 Å². The third-order valence-electron chi connectivity index (χ3n) is 7.20. The highest BCUT2D eigenvalue weighted by atomic mass is 16.1. The molecular formula is C25H32N6O. The molecule has 0 bridgehead atoms. The second-order valence-corrected chi connectivity index (χ2v) is 9.33. The van der Waals surface area contributed by atoms with Gasteiger partial charge in [-0.15, -0.1) is 0 Å². The number of fused-ring (bicyclic) bond motifs is 1. The summed E-state index contributed by atoms with van der Waals surface area (Å²) in [6, 6.07) is 12.1. The zero-order valence-corrected chi connectivity index (χ0v) is 18.8. The molecule has 32 heavy (non-hydrogen) atoms. The van der Waals surface area contributed by atoms with E-state index >= 15 is 0 Å². The van der Waals surface area contributed by atoms with E-state index in [0.29, 0.717) is 18.7 Å². The Hall–Kier alpha value is -2.77. The molecule has 1 aliphatic heterocycles. The van der Waals surface area contributed by atoms with Gasteiger partial charge in [-0.2, -0.15) is 0 Å². The maximum atomic E-state index is 13.0. The van der Waals surface area contributed by atoms with Crippen LogP contribution in [0.3, 0.4) is 0 Å². The number of hydrogen-bond acceptors (Lipinski definition) is 5. The van der Waals surface area contributed by atoms with Crippen LogP contribution >= 0.6 is 0 Å². The molecule has 0 atom stereocenters. The Morgan fingerprint density at radius 3 is 2.56 bits per heavy atom. The number of benzene rings is 1. The standard InChI is InChI=1S/C25H32N6O/c1-29-11-13-31(14-12-29)25(9-5-6-10-25)18-27-24(32)21-15-22-23(26-16-21)30(19-28-22)17-20-7-3-2-4-8-20/h2-4,7-8,15-16,19H,5-6,9-14,17-18H2,1H3,(H,27,32). The van der Waals surface area contributed by atoms with Crippen molar-refractivity contribution in [2.24, 2.45) is 0 Å². The molecule has 168 valence electrons. The third kappa shape index (κ3) is 4.27. The summed E-state index contributed by atoms with van der Waals surface area (Å²) in [5.74, 6) is -0.0580. The van der Waals surface area contributed by atoms with Crippen LogP contribution in [0.25, 0.3) is 11.2 Å². The van der Waals surface area contributed by atoms with Gasteiger partial charge in [0.25, 0.3) is 5.91 Å². The van der Waals surface area contributed by atoms with Crippen molar-refractivity contribution in [3.05, 3.63) is 60.0 Å². The van der Waals surface area contributed by atoms with Gasteiger partial charge in [-0.25, -0.2) is 9.97 Å². The second-order valence-electron chi connectivity index (χ2n) is 9.33. The summed E-state index contributed by atoms with van der Waals surface area (Å²) in [4.78, 5) is 27.1. The first kappa shape index (κ1) is 21.1. The molecule has 5 rings (SSSR count). The van der Waals surface area contributed by atoms with E-state index in [9.17, 15) is 4.79 Å². The predicted molar refractivity (Wildman–Crippen MR) is 126 cm³/mol. The first-order valence-corrected chi connectivity index (χ1v) is 11.7. The number of likely N-dealkylation sites (N-methyl/N-ethyl adjacent to an activating group) is 1. The minimum absolute atomic E-state index is 0.0580. The quantitative estimate of drug-likeness (QED) is 0.649. The number of aromatic nitrogens is 3. The fourth-order valence-electron chi connectivity index (χ4n) is 5.23. The Kier molecular flexibility index (Phi) is 5.93. The number of hydrogen-bond donors (Lipinski definition) is 1. The number of pyridine rings is 1. The van der Waals surface area contributed by atoms with Crippen molar-refractivity contribution in [3.63, 3.8) is 0 Å². The van der Waals surface area contributed by atoms with E-state index in [4.69, 9.17) is 0 Å².